The molecule has 0 aliphatic carbocycles. The van der Waals surface area contributed by atoms with E-state index in [9.17, 15) is 0 Å². The lowest BCUT2D eigenvalue weighted by atomic mass is 10.0. The zero-order valence-corrected chi connectivity index (χ0v) is 11.3. The summed E-state index contributed by atoms with van der Waals surface area (Å²) in [5.74, 6) is 0. The highest BCUT2D eigenvalue weighted by Gasteiger charge is 2.18. The Morgan fingerprint density at radius 3 is 2.74 bits per heavy atom. The van der Waals surface area contributed by atoms with E-state index in [1.807, 2.05) is 0 Å². The fourth-order valence-electron chi connectivity index (χ4n) is 2.59. The van der Waals surface area contributed by atoms with Gasteiger partial charge in [-0.1, -0.05) is 36.4 Å². The van der Waals surface area contributed by atoms with Crippen molar-refractivity contribution in [2.75, 3.05) is 6.61 Å². The summed E-state index contributed by atoms with van der Waals surface area (Å²) in [6.07, 6.45) is 3.42. The number of fused-ring (bicyclic) bond motifs is 1. The van der Waals surface area contributed by atoms with Crippen molar-refractivity contribution in [2.24, 2.45) is 0 Å². The van der Waals surface area contributed by atoms with Gasteiger partial charge in [-0.05, 0) is 48.6 Å². The molecule has 1 heterocycles. The number of rotatable bonds is 3. The molecule has 2 unspecified atom stereocenters. The molecule has 1 saturated heterocycles. The van der Waals surface area contributed by atoms with Gasteiger partial charge >= 0.3 is 0 Å². The van der Waals surface area contributed by atoms with Crippen molar-refractivity contribution in [1.29, 1.82) is 0 Å². The maximum atomic E-state index is 6.00. The molecule has 1 aliphatic heterocycles. The minimum atomic E-state index is -0.0322. The van der Waals surface area contributed by atoms with Crippen LogP contribution in [0.15, 0.2) is 42.5 Å². The van der Waals surface area contributed by atoms with Crippen LogP contribution in [0.5, 0.6) is 0 Å². The highest BCUT2D eigenvalue weighted by molar-refractivity contribution is 5.83. The molecule has 2 atom stereocenters. The topological polar surface area (TPSA) is 18.5 Å². The Kier molecular flexibility index (Phi) is 3.81. The molecular weight excluding hydrogens is 236 g/mol. The van der Waals surface area contributed by atoms with Crippen LogP contribution >= 0.6 is 0 Å². The van der Waals surface area contributed by atoms with E-state index < -0.39 is 0 Å². The Hall–Kier alpha value is -1.38. The lowest BCUT2D eigenvalue weighted by molar-refractivity contribution is -0.186. The van der Waals surface area contributed by atoms with E-state index in [1.165, 1.54) is 22.8 Å². The number of hydrogen-bond acceptors (Lipinski definition) is 2. The zero-order valence-electron chi connectivity index (χ0n) is 11.3. The number of hydrogen-bond donors (Lipinski definition) is 0. The molecule has 2 heteroatoms. The maximum absolute atomic E-state index is 6.00. The predicted octanol–water partition coefficient (Wildman–Crippen LogP) is 4.44. The zero-order chi connectivity index (χ0) is 13.1. The second-order valence-corrected chi connectivity index (χ2v) is 5.18. The van der Waals surface area contributed by atoms with Crippen LogP contribution < -0.4 is 0 Å². The van der Waals surface area contributed by atoms with Crippen molar-refractivity contribution in [3.8, 4) is 0 Å². The predicted molar refractivity (Wildman–Crippen MR) is 77.0 cm³/mol. The van der Waals surface area contributed by atoms with Crippen LogP contribution in [0.25, 0.3) is 10.8 Å². The molecule has 0 bridgehead atoms. The van der Waals surface area contributed by atoms with Crippen LogP contribution in [-0.4, -0.2) is 12.9 Å². The molecule has 2 aromatic carbocycles. The van der Waals surface area contributed by atoms with E-state index >= 15 is 0 Å². The standard InChI is InChI=1S/C17H20O2/c1-13(19-17-8-4-5-11-18-17)15-10-9-14-6-2-3-7-16(14)12-15/h2-3,6-7,9-10,12-13,17H,4-5,8,11H2,1H3. The fraction of sp³-hybridized carbons (Fsp3) is 0.412. The van der Waals surface area contributed by atoms with Crippen molar-refractivity contribution in [1.82, 2.24) is 0 Å². The van der Waals surface area contributed by atoms with Gasteiger partial charge in [-0.3, -0.25) is 0 Å². The molecule has 0 spiro atoms. The second kappa shape index (κ2) is 5.72. The Labute approximate surface area is 114 Å². The number of ether oxygens (including phenoxy) is 2. The van der Waals surface area contributed by atoms with E-state index in [0.29, 0.717) is 0 Å². The summed E-state index contributed by atoms with van der Waals surface area (Å²) in [5, 5.41) is 2.53. The minimum absolute atomic E-state index is 0.0322. The average Bonchev–Trinajstić information content (AvgIpc) is 2.48. The van der Waals surface area contributed by atoms with E-state index in [4.69, 9.17) is 9.47 Å². The van der Waals surface area contributed by atoms with E-state index in [2.05, 4.69) is 49.4 Å². The summed E-state index contributed by atoms with van der Waals surface area (Å²) in [5.41, 5.74) is 1.22. The molecule has 3 rings (SSSR count). The van der Waals surface area contributed by atoms with Crippen LogP contribution in [0, 0.1) is 0 Å². The van der Waals surface area contributed by atoms with Gasteiger partial charge in [-0.25, -0.2) is 0 Å². The molecule has 0 N–H and O–H groups in total. The molecule has 1 aliphatic rings. The van der Waals surface area contributed by atoms with Gasteiger partial charge in [0.1, 0.15) is 0 Å². The summed E-state index contributed by atoms with van der Waals surface area (Å²) in [6.45, 7) is 2.93. The largest absolute Gasteiger partial charge is 0.353 e. The van der Waals surface area contributed by atoms with Gasteiger partial charge in [0.05, 0.1) is 6.10 Å². The molecule has 0 saturated carbocycles. The summed E-state index contributed by atoms with van der Waals surface area (Å²) in [4.78, 5) is 0. The summed E-state index contributed by atoms with van der Waals surface area (Å²) in [6, 6.07) is 14.9. The highest BCUT2D eigenvalue weighted by Crippen LogP contribution is 2.26. The van der Waals surface area contributed by atoms with Crippen LogP contribution in [-0.2, 0) is 9.47 Å². The summed E-state index contributed by atoms with van der Waals surface area (Å²) in [7, 11) is 0. The SMILES string of the molecule is CC(OC1CCCCO1)c1ccc2ccccc2c1. The van der Waals surface area contributed by atoms with Gasteiger partial charge in [-0.2, -0.15) is 0 Å². The molecule has 0 amide bonds. The first-order valence-electron chi connectivity index (χ1n) is 7.09. The van der Waals surface area contributed by atoms with E-state index in [-0.39, 0.29) is 12.4 Å². The first-order chi connectivity index (χ1) is 9.33. The van der Waals surface area contributed by atoms with Crippen molar-refractivity contribution < 1.29 is 9.47 Å². The molecule has 19 heavy (non-hydrogen) atoms. The Morgan fingerprint density at radius 2 is 1.95 bits per heavy atom. The molecular formula is C17H20O2. The van der Waals surface area contributed by atoms with Gasteiger partial charge in [0.25, 0.3) is 0 Å². The Balaban J connectivity index is 1.75. The van der Waals surface area contributed by atoms with Gasteiger partial charge < -0.3 is 9.47 Å². The lowest BCUT2D eigenvalue weighted by Gasteiger charge is -2.26. The fourth-order valence-corrected chi connectivity index (χ4v) is 2.59. The molecule has 0 aromatic heterocycles. The minimum Gasteiger partial charge on any atom is -0.353 e. The Bertz CT molecular complexity index is 544. The molecule has 1 fully saturated rings. The van der Waals surface area contributed by atoms with Crippen LogP contribution in [0.2, 0.25) is 0 Å². The first kappa shape index (κ1) is 12.6. The molecule has 0 radical (unpaired) electrons. The summed E-state index contributed by atoms with van der Waals surface area (Å²) < 4.78 is 11.6. The van der Waals surface area contributed by atoms with Gasteiger partial charge in [0.2, 0.25) is 0 Å². The van der Waals surface area contributed by atoms with Crippen molar-refractivity contribution >= 4 is 10.8 Å². The third-order valence-corrected chi connectivity index (χ3v) is 3.74. The smallest absolute Gasteiger partial charge is 0.158 e. The molecule has 100 valence electrons. The van der Waals surface area contributed by atoms with Crippen LogP contribution in [0.4, 0.5) is 0 Å². The maximum Gasteiger partial charge on any atom is 0.158 e. The highest BCUT2D eigenvalue weighted by atomic mass is 16.7. The van der Waals surface area contributed by atoms with Gasteiger partial charge in [-0.15, -0.1) is 0 Å². The Morgan fingerprint density at radius 1 is 1.11 bits per heavy atom. The third kappa shape index (κ3) is 2.96. The quantitative estimate of drug-likeness (QED) is 0.808. The van der Waals surface area contributed by atoms with E-state index in [0.717, 1.165) is 19.4 Å². The number of benzene rings is 2. The second-order valence-electron chi connectivity index (χ2n) is 5.18. The first-order valence-corrected chi connectivity index (χ1v) is 7.09. The normalized spacial score (nSPS) is 21.4. The summed E-state index contributed by atoms with van der Waals surface area (Å²) >= 11 is 0. The monoisotopic (exact) mass is 256 g/mol. The van der Waals surface area contributed by atoms with Crippen molar-refractivity contribution in [3.05, 3.63) is 48.0 Å². The van der Waals surface area contributed by atoms with Gasteiger partial charge in [0.15, 0.2) is 6.29 Å². The van der Waals surface area contributed by atoms with Crippen molar-refractivity contribution in [3.63, 3.8) is 0 Å². The molecule has 2 aromatic rings. The third-order valence-electron chi connectivity index (χ3n) is 3.74. The van der Waals surface area contributed by atoms with Gasteiger partial charge in [0, 0.05) is 6.61 Å². The average molecular weight is 256 g/mol. The van der Waals surface area contributed by atoms with Crippen molar-refractivity contribution in [2.45, 2.75) is 38.6 Å². The van der Waals surface area contributed by atoms with E-state index in [1.54, 1.807) is 0 Å². The lowest BCUT2D eigenvalue weighted by Crippen LogP contribution is -2.23. The van der Waals surface area contributed by atoms with Crippen LogP contribution in [0.3, 0.4) is 0 Å². The van der Waals surface area contributed by atoms with Crippen LogP contribution in [0.1, 0.15) is 37.9 Å². The molecule has 2 nitrogen and oxygen atoms in total.